The maximum atomic E-state index is 12.1. The zero-order valence-electron chi connectivity index (χ0n) is 11.3. The summed E-state index contributed by atoms with van der Waals surface area (Å²) in [5.74, 6) is -1.15. The van der Waals surface area contributed by atoms with E-state index in [1.165, 1.54) is 37.4 Å². The number of rotatable bonds is 3. The highest BCUT2D eigenvalue weighted by molar-refractivity contribution is 5.91. The number of carbonyl (C=O) groups is 1. The van der Waals surface area contributed by atoms with Crippen LogP contribution < -0.4 is 4.74 Å². The van der Waals surface area contributed by atoms with Gasteiger partial charge < -0.3 is 14.6 Å². The van der Waals surface area contributed by atoms with Crippen molar-refractivity contribution in [3.8, 4) is 22.6 Å². The van der Waals surface area contributed by atoms with E-state index in [4.69, 9.17) is 0 Å². The number of phenolic OH excluding ortho intramolecular Hbond substituents is 1. The molecule has 0 fully saturated rings. The van der Waals surface area contributed by atoms with Crippen molar-refractivity contribution in [1.29, 1.82) is 0 Å². The Bertz CT molecular complexity index is 678. The summed E-state index contributed by atoms with van der Waals surface area (Å²) in [5.41, 5.74) is 1.10. The van der Waals surface area contributed by atoms with Crippen LogP contribution in [0.3, 0.4) is 0 Å². The van der Waals surface area contributed by atoms with Crippen LogP contribution in [-0.4, -0.2) is 24.5 Å². The summed E-state index contributed by atoms with van der Waals surface area (Å²) in [6.07, 6.45) is -4.76. The number of halogens is 3. The summed E-state index contributed by atoms with van der Waals surface area (Å²) < 4.78 is 44.6. The van der Waals surface area contributed by atoms with E-state index in [-0.39, 0.29) is 17.1 Å². The second-order valence-electron chi connectivity index (χ2n) is 4.33. The fourth-order valence-corrected chi connectivity index (χ4v) is 1.86. The molecule has 0 aliphatic heterocycles. The lowest BCUT2D eigenvalue weighted by Crippen LogP contribution is -2.16. The normalized spacial score (nSPS) is 11.1. The van der Waals surface area contributed by atoms with Gasteiger partial charge in [-0.3, -0.25) is 0 Å². The number of esters is 1. The van der Waals surface area contributed by atoms with E-state index in [0.717, 1.165) is 12.1 Å². The molecular weight excluding hydrogens is 301 g/mol. The average molecular weight is 312 g/mol. The number of hydrogen-bond donors (Lipinski definition) is 1. The largest absolute Gasteiger partial charge is 0.573 e. The Balaban J connectivity index is 2.32. The lowest BCUT2D eigenvalue weighted by atomic mass is 10.0. The van der Waals surface area contributed by atoms with Gasteiger partial charge in [0.05, 0.1) is 12.7 Å². The standard InChI is InChI=1S/C15H11F3O4/c1-21-14(20)11-6-10(7-12(19)8-11)9-2-4-13(5-3-9)22-15(16,17)18/h2-8,19H,1H3. The molecule has 0 spiro atoms. The number of aromatic hydroxyl groups is 1. The second kappa shape index (κ2) is 5.97. The Morgan fingerprint density at radius 3 is 2.23 bits per heavy atom. The van der Waals surface area contributed by atoms with Crippen molar-refractivity contribution in [1.82, 2.24) is 0 Å². The monoisotopic (exact) mass is 312 g/mol. The first-order chi connectivity index (χ1) is 10.3. The number of hydrogen-bond acceptors (Lipinski definition) is 4. The van der Waals surface area contributed by atoms with Crippen molar-refractivity contribution >= 4 is 5.97 Å². The van der Waals surface area contributed by atoms with Gasteiger partial charge in [-0.2, -0.15) is 0 Å². The molecule has 0 amide bonds. The Morgan fingerprint density at radius 1 is 1.05 bits per heavy atom. The van der Waals surface area contributed by atoms with Crippen molar-refractivity contribution in [2.24, 2.45) is 0 Å². The predicted octanol–water partition coefficient (Wildman–Crippen LogP) is 3.74. The molecule has 1 N–H and O–H groups in total. The Morgan fingerprint density at radius 2 is 1.68 bits per heavy atom. The van der Waals surface area contributed by atoms with Gasteiger partial charge >= 0.3 is 12.3 Å². The first-order valence-corrected chi connectivity index (χ1v) is 6.07. The van der Waals surface area contributed by atoms with Gasteiger partial charge in [-0.05, 0) is 41.5 Å². The molecule has 4 nitrogen and oxygen atoms in total. The fraction of sp³-hybridized carbons (Fsp3) is 0.133. The highest BCUT2D eigenvalue weighted by Crippen LogP contribution is 2.29. The number of ether oxygens (including phenoxy) is 2. The van der Waals surface area contributed by atoms with Crippen LogP contribution in [0.5, 0.6) is 11.5 Å². The highest BCUT2D eigenvalue weighted by atomic mass is 19.4. The third-order valence-corrected chi connectivity index (χ3v) is 2.76. The van der Waals surface area contributed by atoms with E-state index in [0.29, 0.717) is 11.1 Å². The van der Waals surface area contributed by atoms with Crippen LogP contribution in [-0.2, 0) is 4.74 Å². The zero-order valence-corrected chi connectivity index (χ0v) is 11.3. The summed E-state index contributed by atoms with van der Waals surface area (Å²) in [5, 5.41) is 9.63. The second-order valence-corrected chi connectivity index (χ2v) is 4.33. The van der Waals surface area contributed by atoms with Gasteiger partial charge in [0.15, 0.2) is 0 Å². The minimum Gasteiger partial charge on any atom is -0.508 e. The summed E-state index contributed by atoms with van der Waals surface area (Å²) >= 11 is 0. The first-order valence-electron chi connectivity index (χ1n) is 6.07. The molecule has 2 rings (SSSR count). The summed E-state index contributed by atoms with van der Waals surface area (Å²) in [6, 6.07) is 9.14. The van der Waals surface area contributed by atoms with E-state index in [2.05, 4.69) is 9.47 Å². The van der Waals surface area contributed by atoms with E-state index >= 15 is 0 Å². The summed E-state index contributed by atoms with van der Waals surface area (Å²) in [4.78, 5) is 11.5. The molecule has 22 heavy (non-hydrogen) atoms. The van der Waals surface area contributed by atoms with Gasteiger partial charge in [0.2, 0.25) is 0 Å². The van der Waals surface area contributed by atoms with Crippen molar-refractivity contribution in [3.05, 3.63) is 48.0 Å². The number of carbonyl (C=O) groups excluding carboxylic acids is 1. The molecule has 0 aliphatic rings. The lowest BCUT2D eigenvalue weighted by molar-refractivity contribution is -0.274. The van der Waals surface area contributed by atoms with E-state index in [1.54, 1.807) is 0 Å². The lowest BCUT2D eigenvalue weighted by Gasteiger charge is -2.10. The van der Waals surface area contributed by atoms with E-state index in [1.807, 2.05) is 0 Å². The third kappa shape index (κ3) is 3.91. The molecule has 0 radical (unpaired) electrons. The number of alkyl halides is 3. The minimum absolute atomic E-state index is 0.133. The van der Waals surface area contributed by atoms with Crippen LogP contribution in [0.1, 0.15) is 10.4 Å². The molecule has 7 heteroatoms. The van der Waals surface area contributed by atoms with Gasteiger partial charge in [-0.15, -0.1) is 13.2 Å². The Hall–Kier alpha value is -2.70. The van der Waals surface area contributed by atoms with Crippen LogP contribution in [0.2, 0.25) is 0 Å². The molecule has 116 valence electrons. The molecule has 0 saturated heterocycles. The fourth-order valence-electron chi connectivity index (χ4n) is 1.86. The minimum atomic E-state index is -4.76. The SMILES string of the molecule is COC(=O)c1cc(O)cc(-c2ccc(OC(F)(F)F)cc2)c1. The number of methoxy groups -OCH3 is 1. The Labute approximate surface area is 123 Å². The topological polar surface area (TPSA) is 55.8 Å². The van der Waals surface area contributed by atoms with Crippen molar-refractivity contribution < 1.29 is 32.5 Å². The van der Waals surface area contributed by atoms with Gasteiger partial charge in [-0.25, -0.2) is 4.79 Å². The molecule has 0 aromatic heterocycles. The van der Waals surface area contributed by atoms with Crippen LogP contribution in [0.15, 0.2) is 42.5 Å². The molecular formula is C15H11F3O4. The number of phenols is 1. The van der Waals surface area contributed by atoms with Crippen LogP contribution in [0.25, 0.3) is 11.1 Å². The van der Waals surface area contributed by atoms with E-state index < -0.39 is 12.3 Å². The first kappa shape index (κ1) is 15.7. The Kier molecular flexibility index (Phi) is 4.25. The smallest absolute Gasteiger partial charge is 0.508 e. The van der Waals surface area contributed by atoms with Crippen molar-refractivity contribution in [3.63, 3.8) is 0 Å². The zero-order chi connectivity index (χ0) is 16.3. The summed E-state index contributed by atoms with van der Waals surface area (Å²) in [6.45, 7) is 0. The third-order valence-electron chi connectivity index (χ3n) is 2.76. The van der Waals surface area contributed by atoms with Gasteiger partial charge in [-0.1, -0.05) is 12.1 Å². The molecule has 0 aliphatic carbocycles. The molecule has 0 saturated carbocycles. The predicted molar refractivity (Wildman–Crippen MR) is 71.6 cm³/mol. The van der Waals surface area contributed by atoms with Crippen LogP contribution in [0.4, 0.5) is 13.2 Å². The number of benzene rings is 2. The quantitative estimate of drug-likeness (QED) is 0.877. The van der Waals surface area contributed by atoms with Crippen LogP contribution >= 0.6 is 0 Å². The van der Waals surface area contributed by atoms with E-state index in [9.17, 15) is 23.1 Å². The maximum absolute atomic E-state index is 12.1. The van der Waals surface area contributed by atoms with Crippen molar-refractivity contribution in [2.45, 2.75) is 6.36 Å². The molecule has 2 aromatic rings. The average Bonchev–Trinajstić information content (AvgIpc) is 2.45. The summed E-state index contributed by atoms with van der Waals surface area (Å²) in [7, 11) is 1.20. The molecule has 0 unspecified atom stereocenters. The van der Waals surface area contributed by atoms with Crippen LogP contribution in [0, 0.1) is 0 Å². The van der Waals surface area contributed by atoms with Gasteiger partial charge in [0.1, 0.15) is 11.5 Å². The van der Waals surface area contributed by atoms with Gasteiger partial charge in [0, 0.05) is 0 Å². The van der Waals surface area contributed by atoms with Crippen molar-refractivity contribution in [2.75, 3.05) is 7.11 Å². The van der Waals surface area contributed by atoms with Gasteiger partial charge in [0.25, 0.3) is 0 Å². The maximum Gasteiger partial charge on any atom is 0.573 e. The molecule has 0 heterocycles. The highest BCUT2D eigenvalue weighted by Gasteiger charge is 2.30. The molecule has 0 atom stereocenters. The molecule has 0 bridgehead atoms. The molecule has 2 aromatic carbocycles.